The molecular formula is C7H15N3O2. The van der Waals surface area contributed by atoms with Crippen molar-refractivity contribution < 1.29 is 9.90 Å². The Hall–Kier alpha value is -1.26. The first-order valence-corrected chi connectivity index (χ1v) is 3.46. The Balaban J connectivity index is 0.00000121. The molecular weight excluding hydrogens is 158 g/mol. The molecule has 12 heavy (non-hydrogen) atoms. The van der Waals surface area contributed by atoms with Crippen LogP contribution < -0.4 is 5.73 Å². The first kappa shape index (κ1) is 10.7. The number of likely N-dealkylation sites (tertiary alicyclic amines) is 1. The van der Waals surface area contributed by atoms with Gasteiger partial charge in [0.15, 0.2) is 5.96 Å². The molecule has 1 aliphatic heterocycles. The summed E-state index contributed by atoms with van der Waals surface area (Å²) in [5.41, 5.74) is 5.17. The Kier molecular flexibility index (Phi) is 3.53. The fraction of sp³-hybridized carbons (Fsp3) is 0.714. The van der Waals surface area contributed by atoms with Gasteiger partial charge in [-0.1, -0.05) is 7.43 Å². The summed E-state index contributed by atoms with van der Waals surface area (Å²) >= 11 is 0. The smallest absolute Gasteiger partial charge is 0.326 e. The minimum absolute atomic E-state index is 0. The van der Waals surface area contributed by atoms with Crippen molar-refractivity contribution in [3.63, 3.8) is 0 Å². The van der Waals surface area contributed by atoms with Gasteiger partial charge in [-0.3, -0.25) is 5.41 Å². The molecule has 4 N–H and O–H groups in total. The highest BCUT2D eigenvalue weighted by Crippen LogP contribution is 2.15. The van der Waals surface area contributed by atoms with Crippen molar-refractivity contribution in [2.45, 2.75) is 26.3 Å². The van der Waals surface area contributed by atoms with E-state index in [4.69, 9.17) is 16.2 Å². The van der Waals surface area contributed by atoms with E-state index in [1.807, 2.05) is 0 Å². The fourth-order valence-electron chi connectivity index (χ4n) is 1.31. The van der Waals surface area contributed by atoms with Gasteiger partial charge in [-0.25, -0.2) is 4.79 Å². The molecule has 1 heterocycles. The van der Waals surface area contributed by atoms with Crippen LogP contribution in [-0.2, 0) is 4.79 Å². The zero-order chi connectivity index (χ0) is 8.43. The van der Waals surface area contributed by atoms with Crippen LogP contribution in [0.5, 0.6) is 0 Å². The number of hydrogen-bond acceptors (Lipinski definition) is 2. The Morgan fingerprint density at radius 3 is 2.58 bits per heavy atom. The van der Waals surface area contributed by atoms with Crippen molar-refractivity contribution in [1.82, 2.24) is 4.90 Å². The Morgan fingerprint density at radius 2 is 2.25 bits per heavy atom. The van der Waals surface area contributed by atoms with Gasteiger partial charge in [-0.2, -0.15) is 0 Å². The van der Waals surface area contributed by atoms with Crippen LogP contribution in [0.25, 0.3) is 0 Å². The van der Waals surface area contributed by atoms with Gasteiger partial charge < -0.3 is 15.7 Å². The number of guanidine groups is 1. The normalized spacial score (nSPS) is 21.7. The Morgan fingerprint density at radius 1 is 1.67 bits per heavy atom. The summed E-state index contributed by atoms with van der Waals surface area (Å²) in [6.45, 7) is 0.590. The molecule has 0 aromatic rings. The van der Waals surface area contributed by atoms with E-state index in [1.54, 1.807) is 0 Å². The standard InChI is InChI=1S/C6H11N3O2.CH4/c7-6(8)9-3-1-2-4(9)5(10)11;/h4H,1-3H2,(H3,7,8)(H,10,11);1H4. The molecule has 1 rings (SSSR count). The molecule has 0 saturated carbocycles. The first-order chi connectivity index (χ1) is 5.13. The largest absolute Gasteiger partial charge is 0.480 e. The van der Waals surface area contributed by atoms with Crippen LogP contribution in [0.1, 0.15) is 20.3 Å². The summed E-state index contributed by atoms with van der Waals surface area (Å²) in [5, 5.41) is 15.7. The molecule has 0 bridgehead atoms. The van der Waals surface area contributed by atoms with Gasteiger partial charge in [0.2, 0.25) is 0 Å². The molecule has 0 aromatic heterocycles. The monoisotopic (exact) mass is 173 g/mol. The number of hydrogen-bond donors (Lipinski definition) is 3. The lowest BCUT2D eigenvalue weighted by molar-refractivity contribution is -0.140. The average molecular weight is 173 g/mol. The van der Waals surface area contributed by atoms with Crippen LogP contribution in [0.4, 0.5) is 0 Å². The molecule has 0 spiro atoms. The third-order valence-electron chi connectivity index (χ3n) is 1.85. The van der Waals surface area contributed by atoms with Gasteiger partial charge in [0.1, 0.15) is 6.04 Å². The quantitative estimate of drug-likeness (QED) is 0.386. The van der Waals surface area contributed by atoms with Crippen molar-refractivity contribution >= 4 is 11.9 Å². The van der Waals surface area contributed by atoms with Gasteiger partial charge in [0.05, 0.1) is 0 Å². The number of aliphatic carboxylic acids is 1. The minimum atomic E-state index is -0.891. The fourth-order valence-corrected chi connectivity index (χ4v) is 1.31. The topological polar surface area (TPSA) is 90.4 Å². The maximum absolute atomic E-state index is 10.5. The summed E-state index contributed by atoms with van der Waals surface area (Å²) < 4.78 is 0. The third kappa shape index (κ3) is 1.87. The number of nitrogens with zero attached hydrogens (tertiary/aromatic N) is 1. The Labute approximate surface area is 71.7 Å². The summed E-state index contributed by atoms with van der Waals surface area (Å²) in [4.78, 5) is 11.9. The number of rotatable bonds is 1. The van der Waals surface area contributed by atoms with Gasteiger partial charge in [0, 0.05) is 6.54 Å². The first-order valence-electron chi connectivity index (χ1n) is 3.46. The minimum Gasteiger partial charge on any atom is -0.480 e. The molecule has 1 atom stereocenters. The van der Waals surface area contributed by atoms with Crippen molar-refractivity contribution in [2.24, 2.45) is 5.73 Å². The highest BCUT2D eigenvalue weighted by Gasteiger charge is 2.30. The average Bonchev–Trinajstić information content (AvgIpc) is 2.32. The number of carboxylic acid groups (broad SMARTS) is 1. The van der Waals surface area contributed by atoms with Crippen molar-refractivity contribution in [1.29, 1.82) is 5.41 Å². The third-order valence-corrected chi connectivity index (χ3v) is 1.85. The second-order valence-electron chi connectivity index (χ2n) is 2.57. The van der Waals surface area contributed by atoms with Gasteiger partial charge in [0.25, 0.3) is 0 Å². The molecule has 1 saturated heterocycles. The van der Waals surface area contributed by atoms with Crippen molar-refractivity contribution in [3.05, 3.63) is 0 Å². The van der Waals surface area contributed by atoms with Gasteiger partial charge in [-0.15, -0.1) is 0 Å². The molecule has 0 amide bonds. The number of nitrogens with two attached hydrogens (primary N) is 1. The maximum atomic E-state index is 10.5. The van der Waals surface area contributed by atoms with E-state index in [2.05, 4.69) is 0 Å². The molecule has 0 radical (unpaired) electrons. The highest BCUT2D eigenvalue weighted by atomic mass is 16.4. The number of carboxylic acids is 1. The van der Waals surface area contributed by atoms with E-state index in [0.29, 0.717) is 13.0 Å². The zero-order valence-electron chi connectivity index (χ0n) is 6.08. The van der Waals surface area contributed by atoms with E-state index in [-0.39, 0.29) is 13.4 Å². The molecule has 1 fully saturated rings. The second-order valence-corrected chi connectivity index (χ2v) is 2.57. The predicted octanol–water partition coefficient (Wildman–Crippen LogP) is 0.0650. The summed E-state index contributed by atoms with van der Waals surface area (Å²) in [7, 11) is 0. The van der Waals surface area contributed by atoms with Gasteiger partial charge >= 0.3 is 5.97 Å². The molecule has 1 aliphatic rings. The predicted molar refractivity (Wildman–Crippen MR) is 46.0 cm³/mol. The Bertz CT molecular complexity index is 173. The summed E-state index contributed by atoms with van der Waals surface area (Å²) in [6, 6.07) is -0.576. The van der Waals surface area contributed by atoms with E-state index in [0.717, 1.165) is 6.42 Å². The van der Waals surface area contributed by atoms with E-state index in [9.17, 15) is 4.79 Å². The maximum Gasteiger partial charge on any atom is 0.326 e. The van der Waals surface area contributed by atoms with E-state index >= 15 is 0 Å². The number of nitrogens with one attached hydrogen (secondary N) is 1. The van der Waals surface area contributed by atoms with Crippen LogP contribution in [0.3, 0.4) is 0 Å². The summed E-state index contributed by atoms with van der Waals surface area (Å²) in [5.74, 6) is -1.03. The molecule has 5 heteroatoms. The second kappa shape index (κ2) is 3.94. The van der Waals surface area contributed by atoms with Gasteiger partial charge in [-0.05, 0) is 12.8 Å². The van der Waals surface area contributed by atoms with E-state index in [1.165, 1.54) is 4.90 Å². The van der Waals surface area contributed by atoms with Crippen LogP contribution in [0, 0.1) is 5.41 Å². The SMILES string of the molecule is C.N=C(N)N1CCCC1C(=O)O. The number of carbonyl (C=O) groups is 1. The molecule has 70 valence electrons. The highest BCUT2D eigenvalue weighted by molar-refractivity contribution is 5.83. The lowest BCUT2D eigenvalue weighted by Crippen LogP contribution is -2.43. The lowest BCUT2D eigenvalue weighted by atomic mass is 10.2. The van der Waals surface area contributed by atoms with Crippen LogP contribution >= 0.6 is 0 Å². The van der Waals surface area contributed by atoms with E-state index < -0.39 is 12.0 Å². The summed E-state index contributed by atoms with van der Waals surface area (Å²) in [6.07, 6.45) is 1.39. The van der Waals surface area contributed by atoms with Crippen LogP contribution in [0.2, 0.25) is 0 Å². The molecule has 0 aliphatic carbocycles. The molecule has 0 aromatic carbocycles. The van der Waals surface area contributed by atoms with Crippen LogP contribution in [0.15, 0.2) is 0 Å². The zero-order valence-corrected chi connectivity index (χ0v) is 6.08. The molecule has 5 nitrogen and oxygen atoms in total. The van der Waals surface area contributed by atoms with Crippen LogP contribution in [-0.4, -0.2) is 34.5 Å². The van der Waals surface area contributed by atoms with Crippen molar-refractivity contribution in [3.8, 4) is 0 Å². The molecule has 1 unspecified atom stereocenters. The lowest BCUT2D eigenvalue weighted by Gasteiger charge is -2.20. The van der Waals surface area contributed by atoms with Crippen molar-refractivity contribution in [2.75, 3.05) is 6.54 Å².